The lowest BCUT2D eigenvalue weighted by Crippen LogP contribution is -2.39. The molecule has 0 aliphatic heterocycles. The highest BCUT2D eigenvalue weighted by atomic mass is 16.4. The minimum Gasteiger partial charge on any atom is -0.479 e. The number of rotatable bonds is 4. The predicted molar refractivity (Wildman–Crippen MR) is 53.2 cm³/mol. The van der Waals surface area contributed by atoms with E-state index in [1.807, 2.05) is 13.8 Å². The quantitative estimate of drug-likeness (QED) is 0.798. The Morgan fingerprint density at radius 2 is 2.36 bits per heavy atom. The smallest absolute Gasteiger partial charge is 0.329 e. The number of aromatic nitrogens is 2. The molecule has 78 valence electrons. The van der Waals surface area contributed by atoms with E-state index >= 15 is 0 Å². The van der Waals surface area contributed by atoms with Gasteiger partial charge in [-0.05, 0) is 20.3 Å². The second-order valence-electron chi connectivity index (χ2n) is 3.67. The Kier molecular flexibility index (Phi) is 2.93. The third-order valence-electron chi connectivity index (χ3n) is 2.55. The molecule has 4 nitrogen and oxygen atoms in total. The van der Waals surface area contributed by atoms with E-state index in [-0.39, 0.29) is 0 Å². The molecule has 0 radical (unpaired) electrons. The third kappa shape index (κ3) is 1.64. The number of carboxylic acid groups (broad SMARTS) is 1. The zero-order chi connectivity index (χ0) is 10.8. The SMILES string of the molecule is CCCC(C)(C(=O)O)n1ccnc1C. The molecule has 1 aromatic heterocycles. The van der Waals surface area contributed by atoms with E-state index < -0.39 is 11.5 Å². The van der Waals surface area contributed by atoms with Crippen LogP contribution in [0.25, 0.3) is 0 Å². The minimum absolute atomic E-state index is 0.611. The van der Waals surface area contributed by atoms with Crippen LogP contribution in [0.1, 0.15) is 32.5 Å². The van der Waals surface area contributed by atoms with E-state index in [1.165, 1.54) is 0 Å². The van der Waals surface area contributed by atoms with Crippen LogP contribution < -0.4 is 0 Å². The van der Waals surface area contributed by atoms with E-state index in [4.69, 9.17) is 0 Å². The minimum atomic E-state index is -0.866. The molecule has 0 aliphatic rings. The summed E-state index contributed by atoms with van der Waals surface area (Å²) >= 11 is 0. The molecule has 1 rings (SSSR count). The Balaban J connectivity index is 3.12. The highest BCUT2D eigenvalue weighted by Crippen LogP contribution is 2.23. The molecule has 0 spiro atoms. The summed E-state index contributed by atoms with van der Waals surface area (Å²) in [5.41, 5.74) is -0.866. The molecule has 0 saturated heterocycles. The molecule has 4 heteroatoms. The maximum absolute atomic E-state index is 11.2. The maximum Gasteiger partial charge on any atom is 0.329 e. The number of imidazole rings is 1. The molecule has 0 amide bonds. The molecule has 1 N–H and O–H groups in total. The van der Waals surface area contributed by atoms with Crippen molar-refractivity contribution in [3.05, 3.63) is 18.2 Å². The van der Waals surface area contributed by atoms with Crippen molar-refractivity contribution >= 4 is 5.97 Å². The van der Waals surface area contributed by atoms with Crippen molar-refractivity contribution in [3.8, 4) is 0 Å². The number of nitrogens with zero attached hydrogens (tertiary/aromatic N) is 2. The molecule has 1 aromatic rings. The van der Waals surface area contributed by atoms with Crippen LogP contribution in [0.5, 0.6) is 0 Å². The van der Waals surface area contributed by atoms with Crippen molar-refractivity contribution in [3.63, 3.8) is 0 Å². The number of carbonyl (C=O) groups is 1. The Hall–Kier alpha value is -1.32. The normalized spacial score (nSPS) is 15.1. The van der Waals surface area contributed by atoms with Crippen LogP contribution in [-0.2, 0) is 10.3 Å². The van der Waals surface area contributed by atoms with Gasteiger partial charge in [-0.25, -0.2) is 9.78 Å². The fourth-order valence-electron chi connectivity index (χ4n) is 1.72. The van der Waals surface area contributed by atoms with Gasteiger partial charge in [0.15, 0.2) is 0 Å². The van der Waals surface area contributed by atoms with Crippen molar-refractivity contribution in [2.24, 2.45) is 0 Å². The van der Waals surface area contributed by atoms with Gasteiger partial charge in [0.1, 0.15) is 11.4 Å². The van der Waals surface area contributed by atoms with Gasteiger partial charge in [0, 0.05) is 12.4 Å². The van der Waals surface area contributed by atoms with Gasteiger partial charge in [-0.2, -0.15) is 0 Å². The lowest BCUT2D eigenvalue weighted by Gasteiger charge is -2.27. The zero-order valence-corrected chi connectivity index (χ0v) is 8.82. The van der Waals surface area contributed by atoms with Gasteiger partial charge in [-0.15, -0.1) is 0 Å². The van der Waals surface area contributed by atoms with Crippen LogP contribution in [0, 0.1) is 6.92 Å². The Morgan fingerprint density at radius 3 is 2.71 bits per heavy atom. The highest BCUT2D eigenvalue weighted by molar-refractivity contribution is 5.76. The molecular weight excluding hydrogens is 180 g/mol. The molecule has 1 atom stereocenters. The largest absolute Gasteiger partial charge is 0.479 e. The first-order valence-electron chi connectivity index (χ1n) is 4.76. The van der Waals surface area contributed by atoms with Crippen LogP contribution >= 0.6 is 0 Å². The van der Waals surface area contributed by atoms with Crippen molar-refractivity contribution in [1.82, 2.24) is 9.55 Å². The van der Waals surface area contributed by atoms with Gasteiger partial charge in [0.2, 0.25) is 0 Å². The summed E-state index contributed by atoms with van der Waals surface area (Å²) in [7, 11) is 0. The highest BCUT2D eigenvalue weighted by Gasteiger charge is 2.34. The van der Waals surface area contributed by atoms with Crippen LogP contribution in [0.15, 0.2) is 12.4 Å². The fourth-order valence-corrected chi connectivity index (χ4v) is 1.72. The van der Waals surface area contributed by atoms with Gasteiger partial charge >= 0.3 is 5.97 Å². The summed E-state index contributed by atoms with van der Waals surface area (Å²) in [6.07, 6.45) is 4.80. The number of carboxylic acids is 1. The van der Waals surface area contributed by atoms with Crippen molar-refractivity contribution in [1.29, 1.82) is 0 Å². The molecule has 0 saturated carbocycles. The average molecular weight is 196 g/mol. The lowest BCUT2D eigenvalue weighted by atomic mass is 9.96. The third-order valence-corrected chi connectivity index (χ3v) is 2.55. The first-order chi connectivity index (χ1) is 6.52. The number of aliphatic carboxylic acids is 1. The Bertz CT molecular complexity index is 333. The first kappa shape index (κ1) is 10.8. The van der Waals surface area contributed by atoms with E-state index in [2.05, 4.69) is 4.98 Å². The Labute approximate surface area is 83.6 Å². The van der Waals surface area contributed by atoms with Gasteiger partial charge < -0.3 is 9.67 Å². The summed E-state index contributed by atoms with van der Waals surface area (Å²) in [6, 6.07) is 0. The van der Waals surface area contributed by atoms with Gasteiger partial charge in [-0.1, -0.05) is 13.3 Å². The molecule has 0 aliphatic carbocycles. The van der Waals surface area contributed by atoms with Gasteiger partial charge in [0.05, 0.1) is 0 Å². The second-order valence-corrected chi connectivity index (χ2v) is 3.67. The average Bonchev–Trinajstić information content (AvgIpc) is 2.51. The van der Waals surface area contributed by atoms with Gasteiger partial charge in [0.25, 0.3) is 0 Å². The fraction of sp³-hybridized carbons (Fsp3) is 0.600. The molecular formula is C10H16N2O2. The zero-order valence-electron chi connectivity index (χ0n) is 8.82. The van der Waals surface area contributed by atoms with E-state index in [0.29, 0.717) is 6.42 Å². The number of hydrogen-bond acceptors (Lipinski definition) is 2. The molecule has 1 unspecified atom stereocenters. The van der Waals surface area contributed by atoms with Crippen LogP contribution in [0.3, 0.4) is 0 Å². The van der Waals surface area contributed by atoms with Gasteiger partial charge in [-0.3, -0.25) is 0 Å². The second kappa shape index (κ2) is 3.82. The molecule has 0 bridgehead atoms. The molecule has 0 fully saturated rings. The van der Waals surface area contributed by atoms with E-state index in [0.717, 1.165) is 12.2 Å². The monoisotopic (exact) mass is 196 g/mol. The number of aryl methyl sites for hydroxylation is 1. The maximum atomic E-state index is 11.2. The van der Waals surface area contributed by atoms with Crippen molar-refractivity contribution in [2.45, 2.75) is 39.2 Å². The summed E-state index contributed by atoms with van der Waals surface area (Å²) in [5.74, 6) is -0.0659. The standard InChI is InChI=1S/C10H16N2O2/c1-4-5-10(3,9(13)14)12-7-6-11-8(12)2/h6-7H,4-5H2,1-3H3,(H,13,14). The van der Waals surface area contributed by atoms with Crippen LogP contribution in [-0.4, -0.2) is 20.6 Å². The molecule has 14 heavy (non-hydrogen) atoms. The van der Waals surface area contributed by atoms with E-state index in [9.17, 15) is 9.90 Å². The summed E-state index contributed by atoms with van der Waals surface area (Å²) in [5, 5.41) is 9.21. The van der Waals surface area contributed by atoms with Crippen molar-refractivity contribution < 1.29 is 9.90 Å². The number of hydrogen-bond donors (Lipinski definition) is 1. The predicted octanol–water partition coefficient (Wildman–Crippen LogP) is 1.79. The van der Waals surface area contributed by atoms with Crippen LogP contribution in [0.4, 0.5) is 0 Å². The summed E-state index contributed by atoms with van der Waals surface area (Å²) in [6.45, 7) is 5.53. The van der Waals surface area contributed by atoms with Crippen molar-refractivity contribution in [2.75, 3.05) is 0 Å². The topological polar surface area (TPSA) is 55.1 Å². The molecule has 0 aromatic carbocycles. The first-order valence-corrected chi connectivity index (χ1v) is 4.76. The lowest BCUT2D eigenvalue weighted by molar-refractivity contribution is -0.147. The van der Waals surface area contributed by atoms with E-state index in [1.54, 1.807) is 23.9 Å². The summed E-state index contributed by atoms with van der Waals surface area (Å²) in [4.78, 5) is 15.3. The Morgan fingerprint density at radius 1 is 1.71 bits per heavy atom. The van der Waals surface area contributed by atoms with Crippen LogP contribution in [0.2, 0.25) is 0 Å². The summed E-state index contributed by atoms with van der Waals surface area (Å²) < 4.78 is 1.72. The molecule has 1 heterocycles.